The lowest BCUT2D eigenvalue weighted by molar-refractivity contribution is 0.0116. The SMILES string of the molecule is CCOc1ccc(-c2ccc(COC3CCC(c4ccc(OCC)c(F)c4F)CC3)c(F)c2F)cc1. The van der Waals surface area contributed by atoms with E-state index in [4.69, 9.17) is 14.2 Å². The second-order valence-corrected chi connectivity index (χ2v) is 8.86. The molecule has 7 heteroatoms. The van der Waals surface area contributed by atoms with Crippen LogP contribution in [0.4, 0.5) is 17.6 Å². The molecule has 0 radical (unpaired) electrons. The molecule has 0 atom stereocenters. The first-order chi connectivity index (χ1) is 17.4. The Bertz CT molecular complexity index is 1170. The van der Waals surface area contributed by atoms with Gasteiger partial charge in [-0.25, -0.2) is 13.2 Å². The lowest BCUT2D eigenvalue weighted by atomic mass is 9.82. The zero-order chi connectivity index (χ0) is 25.7. The lowest BCUT2D eigenvalue weighted by Gasteiger charge is -2.29. The summed E-state index contributed by atoms with van der Waals surface area (Å²) in [5.41, 5.74) is 1.21. The van der Waals surface area contributed by atoms with E-state index < -0.39 is 23.3 Å². The molecule has 0 N–H and O–H groups in total. The Morgan fingerprint density at radius 1 is 0.694 bits per heavy atom. The van der Waals surface area contributed by atoms with Gasteiger partial charge in [-0.3, -0.25) is 0 Å². The van der Waals surface area contributed by atoms with Gasteiger partial charge < -0.3 is 14.2 Å². The minimum Gasteiger partial charge on any atom is -0.494 e. The topological polar surface area (TPSA) is 27.7 Å². The van der Waals surface area contributed by atoms with Crippen LogP contribution in [-0.4, -0.2) is 19.3 Å². The molecule has 4 rings (SSSR count). The molecule has 0 bridgehead atoms. The van der Waals surface area contributed by atoms with Gasteiger partial charge in [-0.1, -0.05) is 30.3 Å². The fraction of sp³-hybridized carbons (Fsp3) is 0.379. The van der Waals surface area contributed by atoms with Gasteiger partial charge in [-0.15, -0.1) is 0 Å². The van der Waals surface area contributed by atoms with Gasteiger partial charge in [0.1, 0.15) is 5.75 Å². The Balaban J connectivity index is 1.35. The van der Waals surface area contributed by atoms with Crippen molar-refractivity contribution >= 4 is 0 Å². The van der Waals surface area contributed by atoms with Crippen LogP contribution in [-0.2, 0) is 11.3 Å². The van der Waals surface area contributed by atoms with Crippen molar-refractivity contribution in [3.63, 3.8) is 0 Å². The Kier molecular flexibility index (Phi) is 8.52. The molecule has 0 unspecified atom stereocenters. The second-order valence-electron chi connectivity index (χ2n) is 8.86. The Hall–Kier alpha value is -3.06. The van der Waals surface area contributed by atoms with Crippen LogP contribution in [0, 0.1) is 23.3 Å². The molecule has 0 amide bonds. The summed E-state index contributed by atoms with van der Waals surface area (Å²) in [6, 6.07) is 13.0. The van der Waals surface area contributed by atoms with Gasteiger partial charge in [0.2, 0.25) is 5.82 Å². The van der Waals surface area contributed by atoms with Crippen molar-refractivity contribution in [3.8, 4) is 22.6 Å². The summed E-state index contributed by atoms with van der Waals surface area (Å²) in [5.74, 6) is -3.22. The van der Waals surface area contributed by atoms with Gasteiger partial charge in [0.25, 0.3) is 0 Å². The van der Waals surface area contributed by atoms with Crippen molar-refractivity contribution in [1.29, 1.82) is 0 Å². The standard InChI is InChI=1S/C29H30F4O3/c1-3-34-21-10-5-18(6-11-21)23-14-9-20(26(30)27(23)31)17-36-22-12-7-19(8-13-22)24-15-16-25(35-4-2)29(33)28(24)32/h5-6,9-11,14-16,19,22H,3-4,7-8,12-13,17H2,1-2H3. The quantitative estimate of drug-likeness (QED) is 0.278. The molecule has 1 aliphatic carbocycles. The molecular formula is C29H30F4O3. The minimum absolute atomic E-state index is 0.0618. The fourth-order valence-electron chi connectivity index (χ4n) is 4.70. The smallest absolute Gasteiger partial charge is 0.200 e. The van der Waals surface area contributed by atoms with Crippen LogP contribution in [0.25, 0.3) is 11.1 Å². The predicted octanol–water partition coefficient (Wildman–Crippen LogP) is 7.95. The largest absolute Gasteiger partial charge is 0.494 e. The summed E-state index contributed by atoms with van der Waals surface area (Å²) < 4.78 is 74.8. The van der Waals surface area contributed by atoms with E-state index in [1.807, 2.05) is 6.92 Å². The van der Waals surface area contributed by atoms with Gasteiger partial charge in [0.05, 0.1) is 25.9 Å². The van der Waals surface area contributed by atoms with Crippen molar-refractivity contribution in [2.45, 2.75) is 58.2 Å². The third kappa shape index (κ3) is 5.67. The monoisotopic (exact) mass is 502 g/mol. The van der Waals surface area contributed by atoms with E-state index >= 15 is 0 Å². The van der Waals surface area contributed by atoms with Crippen LogP contribution < -0.4 is 9.47 Å². The summed E-state index contributed by atoms with van der Waals surface area (Å²) in [4.78, 5) is 0. The minimum atomic E-state index is -0.959. The molecule has 192 valence electrons. The first-order valence-electron chi connectivity index (χ1n) is 12.3. The molecule has 1 fully saturated rings. The van der Waals surface area contributed by atoms with E-state index in [0.717, 1.165) is 0 Å². The van der Waals surface area contributed by atoms with E-state index in [9.17, 15) is 17.6 Å². The normalized spacial score (nSPS) is 17.7. The van der Waals surface area contributed by atoms with E-state index in [1.165, 1.54) is 12.1 Å². The van der Waals surface area contributed by atoms with Crippen LogP contribution in [0.3, 0.4) is 0 Å². The highest BCUT2D eigenvalue weighted by Crippen LogP contribution is 2.38. The molecule has 0 saturated heterocycles. The molecule has 3 aromatic carbocycles. The average molecular weight is 503 g/mol. The third-order valence-corrected chi connectivity index (χ3v) is 6.60. The van der Waals surface area contributed by atoms with Crippen molar-refractivity contribution in [1.82, 2.24) is 0 Å². The molecule has 36 heavy (non-hydrogen) atoms. The van der Waals surface area contributed by atoms with Gasteiger partial charge in [0, 0.05) is 11.1 Å². The van der Waals surface area contributed by atoms with Gasteiger partial charge >= 0.3 is 0 Å². The first kappa shape index (κ1) is 26.0. The Morgan fingerprint density at radius 3 is 2.06 bits per heavy atom. The number of hydrogen-bond donors (Lipinski definition) is 0. The first-order valence-corrected chi connectivity index (χ1v) is 12.3. The summed E-state index contributed by atoms with van der Waals surface area (Å²) in [6.45, 7) is 4.30. The zero-order valence-electron chi connectivity index (χ0n) is 20.5. The Labute approximate surface area is 209 Å². The van der Waals surface area contributed by atoms with Crippen molar-refractivity contribution in [3.05, 3.63) is 82.9 Å². The van der Waals surface area contributed by atoms with Crippen LogP contribution in [0.5, 0.6) is 11.5 Å². The number of rotatable bonds is 9. The predicted molar refractivity (Wildman–Crippen MR) is 130 cm³/mol. The second kappa shape index (κ2) is 11.8. The maximum atomic E-state index is 14.8. The van der Waals surface area contributed by atoms with Crippen molar-refractivity contribution in [2.24, 2.45) is 0 Å². The summed E-state index contributed by atoms with van der Waals surface area (Å²) in [7, 11) is 0. The third-order valence-electron chi connectivity index (χ3n) is 6.60. The Morgan fingerprint density at radius 2 is 1.39 bits per heavy atom. The highest BCUT2D eigenvalue weighted by Gasteiger charge is 2.27. The summed E-state index contributed by atoms with van der Waals surface area (Å²) >= 11 is 0. The maximum Gasteiger partial charge on any atom is 0.200 e. The van der Waals surface area contributed by atoms with Crippen LogP contribution >= 0.6 is 0 Å². The molecule has 0 aliphatic heterocycles. The molecular weight excluding hydrogens is 472 g/mol. The van der Waals surface area contributed by atoms with E-state index in [1.54, 1.807) is 43.3 Å². The fourth-order valence-corrected chi connectivity index (χ4v) is 4.70. The van der Waals surface area contributed by atoms with Crippen LogP contribution in [0.15, 0.2) is 48.5 Å². The van der Waals surface area contributed by atoms with Gasteiger partial charge in [-0.2, -0.15) is 4.39 Å². The van der Waals surface area contributed by atoms with Crippen molar-refractivity contribution < 1.29 is 31.8 Å². The molecule has 0 heterocycles. The number of hydrogen-bond acceptors (Lipinski definition) is 3. The molecule has 3 nitrogen and oxygen atoms in total. The summed E-state index contributed by atoms with van der Waals surface area (Å²) in [5, 5.41) is 0. The number of halogens is 4. The number of benzene rings is 3. The molecule has 1 aliphatic rings. The van der Waals surface area contributed by atoms with E-state index in [0.29, 0.717) is 49.2 Å². The van der Waals surface area contributed by atoms with E-state index in [2.05, 4.69) is 0 Å². The number of ether oxygens (including phenoxy) is 3. The molecule has 0 aromatic heterocycles. The van der Waals surface area contributed by atoms with Gasteiger partial charge in [-0.05, 0) is 74.8 Å². The summed E-state index contributed by atoms with van der Waals surface area (Å²) in [6.07, 6.45) is 2.30. The van der Waals surface area contributed by atoms with Crippen LogP contribution in [0.1, 0.15) is 56.6 Å². The highest BCUT2D eigenvalue weighted by atomic mass is 19.2. The van der Waals surface area contributed by atoms with Crippen LogP contribution in [0.2, 0.25) is 0 Å². The zero-order valence-corrected chi connectivity index (χ0v) is 20.5. The van der Waals surface area contributed by atoms with Gasteiger partial charge in [0.15, 0.2) is 23.2 Å². The average Bonchev–Trinajstić information content (AvgIpc) is 2.89. The lowest BCUT2D eigenvalue weighted by Crippen LogP contribution is -2.21. The van der Waals surface area contributed by atoms with Crippen molar-refractivity contribution in [2.75, 3.05) is 13.2 Å². The highest BCUT2D eigenvalue weighted by molar-refractivity contribution is 5.65. The maximum absolute atomic E-state index is 14.8. The molecule has 0 spiro atoms. The molecule has 1 saturated carbocycles. The molecule has 3 aromatic rings. The van der Waals surface area contributed by atoms with E-state index in [-0.39, 0.29) is 42.1 Å².